The van der Waals surface area contributed by atoms with Crippen molar-refractivity contribution >= 4 is 23.5 Å². The summed E-state index contributed by atoms with van der Waals surface area (Å²) in [6.07, 6.45) is 0. The maximum absolute atomic E-state index is 12.4. The van der Waals surface area contributed by atoms with E-state index >= 15 is 0 Å². The third-order valence-electron chi connectivity index (χ3n) is 4.06. The zero-order valence-corrected chi connectivity index (χ0v) is 15.8. The van der Waals surface area contributed by atoms with E-state index in [-0.39, 0.29) is 11.8 Å². The minimum atomic E-state index is -0.447. The summed E-state index contributed by atoms with van der Waals surface area (Å²) in [5.41, 5.74) is 2.51. The highest BCUT2D eigenvalue weighted by Crippen LogP contribution is 2.16. The van der Waals surface area contributed by atoms with Crippen molar-refractivity contribution in [1.29, 1.82) is 0 Å². The second-order valence-electron chi connectivity index (χ2n) is 6.32. The molecular formula is C23H20N2O4. The molecule has 0 unspecified atom stereocenters. The maximum Gasteiger partial charge on any atom is 0.308 e. The van der Waals surface area contributed by atoms with Crippen LogP contribution in [0, 0.1) is 0 Å². The summed E-state index contributed by atoms with van der Waals surface area (Å²) < 4.78 is 5.00. The van der Waals surface area contributed by atoms with Gasteiger partial charge in [-0.25, -0.2) is 0 Å². The summed E-state index contributed by atoms with van der Waals surface area (Å²) >= 11 is 0. The van der Waals surface area contributed by atoms with Gasteiger partial charge in [0.15, 0.2) is 0 Å². The molecule has 6 heteroatoms. The van der Waals surface area contributed by atoms with Gasteiger partial charge in [-0.3, -0.25) is 14.4 Å². The number of ether oxygens (including phenoxy) is 1. The lowest BCUT2D eigenvalue weighted by Gasteiger charge is -2.09. The molecule has 2 N–H and O–H groups in total. The van der Waals surface area contributed by atoms with Gasteiger partial charge < -0.3 is 15.4 Å². The fraction of sp³-hybridized carbons (Fsp3) is 0.0870. The smallest absolute Gasteiger partial charge is 0.308 e. The van der Waals surface area contributed by atoms with E-state index in [1.54, 1.807) is 42.5 Å². The number of amides is 2. The zero-order valence-electron chi connectivity index (χ0n) is 15.8. The lowest BCUT2D eigenvalue weighted by Crippen LogP contribution is -2.22. The molecule has 146 valence electrons. The van der Waals surface area contributed by atoms with Crippen molar-refractivity contribution in [3.63, 3.8) is 0 Å². The molecule has 3 rings (SSSR count). The Hall–Kier alpha value is -3.93. The Bertz CT molecular complexity index is 1010. The molecule has 3 aromatic carbocycles. The topological polar surface area (TPSA) is 84.5 Å². The Morgan fingerprint density at radius 3 is 2.17 bits per heavy atom. The van der Waals surface area contributed by atoms with Crippen molar-refractivity contribution in [3.8, 4) is 5.75 Å². The van der Waals surface area contributed by atoms with E-state index < -0.39 is 5.97 Å². The molecule has 0 aliphatic rings. The van der Waals surface area contributed by atoms with Crippen molar-refractivity contribution in [2.75, 3.05) is 5.32 Å². The number of anilines is 1. The van der Waals surface area contributed by atoms with Crippen molar-refractivity contribution < 1.29 is 19.1 Å². The van der Waals surface area contributed by atoms with Crippen LogP contribution in [0.5, 0.6) is 5.75 Å². The molecule has 0 aromatic heterocycles. The van der Waals surface area contributed by atoms with Gasteiger partial charge >= 0.3 is 5.97 Å². The molecule has 0 spiro atoms. The summed E-state index contributed by atoms with van der Waals surface area (Å²) in [4.78, 5) is 35.5. The van der Waals surface area contributed by atoms with E-state index in [9.17, 15) is 14.4 Å². The third-order valence-corrected chi connectivity index (χ3v) is 4.06. The molecule has 2 amide bonds. The van der Waals surface area contributed by atoms with Gasteiger partial charge in [0.2, 0.25) is 0 Å². The normalized spacial score (nSPS) is 10.1. The Morgan fingerprint density at radius 2 is 1.48 bits per heavy atom. The van der Waals surface area contributed by atoms with Crippen LogP contribution >= 0.6 is 0 Å². The van der Waals surface area contributed by atoms with Crippen LogP contribution in [0.15, 0.2) is 78.9 Å². The summed E-state index contributed by atoms with van der Waals surface area (Å²) in [7, 11) is 0. The molecule has 0 saturated carbocycles. The Balaban J connectivity index is 1.57. The highest BCUT2D eigenvalue weighted by Gasteiger charge is 2.09. The standard InChI is InChI=1S/C23H20N2O4/c1-16(26)29-21-9-5-8-19(14-21)23(28)25-20-12-10-17(11-13-20)15-24-22(27)18-6-3-2-4-7-18/h2-14H,15H2,1H3,(H,24,27)(H,25,28). The number of benzene rings is 3. The fourth-order valence-corrected chi connectivity index (χ4v) is 2.65. The van der Waals surface area contributed by atoms with Gasteiger partial charge in [0.25, 0.3) is 11.8 Å². The minimum absolute atomic E-state index is 0.143. The van der Waals surface area contributed by atoms with Crippen LogP contribution < -0.4 is 15.4 Å². The number of hydrogen-bond acceptors (Lipinski definition) is 4. The molecule has 0 aliphatic heterocycles. The number of esters is 1. The molecular weight excluding hydrogens is 368 g/mol. The van der Waals surface area contributed by atoms with Gasteiger partial charge in [-0.05, 0) is 48.0 Å². The molecule has 0 bridgehead atoms. The fourth-order valence-electron chi connectivity index (χ4n) is 2.65. The van der Waals surface area contributed by atoms with Crippen molar-refractivity contribution in [2.24, 2.45) is 0 Å². The van der Waals surface area contributed by atoms with Gasteiger partial charge in [-0.1, -0.05) is 36.4 Å². The SMILES string of the molecule is CC(=O)Oc1cccc(C(=O)Nc2ccc(CNC(=O)c3ccccc3)cc2)c1. The summed E-state index contributed by atoms with van der Waals surface area (Å²) in [5.74, 6) is -0.591. The predicted octanol–water partition coefficient (Wildman–Crippen LogP) is 3.79. The molecule has 0 saturated heterocycles. The van der Waals surface area contributed by atoms with E-state index in [0.29, 0.717) is 29.1 Å². The lowest BCUT2D eigenvalue weighted by atomic mass is 10.1. The van der Waals surface area contributed by atoms with Gasteiger partial charge in [-0.15, -0.1) is 0 Å². The minimum Gasteiger partial charge on any atom is -0.427 e. The Kier molecular flexibility index (Phi) is 6.37. The molecule has 29 heavy (non-hydrogen) atoms. The first-order valence-electron chi connectivity index (χ1n) is 9.03. The van der Waals surface area contributed by atoms with Gasteiger partial charge in [0.05, 0.1) is 0 Å². The van der Waals surface area contributed by atoms with E-state index in [0.717, 1.165) is 5.56 Å². The second kappa shape index (κ2) is 9.32. The zero-order chi connectivity index (χ0) is 20.6. The largest absolute Gasteiger partial charge is 0.427 e. The average Bonchev–Trinajstić information content (AvgIpc) is 2.73. The Labute approximate surface area is 168 Å². The molecule has 6 nitrogen and oxygen atoms in total. The number of carbonyl (C=O) groups excluding carboxylic acids is 3. The van der Waals surface area contributed by atoms with Crippen LogP contribution in [-0.2, 0) is 11.3 Å². The average molecular weight is 388 g/mol. The van der Waals surface area contributed by atoms with Crippen LogP contribution in [0.4, 0.5) is 5.69 Å². The quantitative estimate of drug-likeness (QED) is 0.497. The van der Waals surface area contributed by atoms with Crippen molar-refractivity contribution in [1.82, 2.24) is 5.32 Å². The predicted molar refractivity (Wildman–Crippen MR) is 110 cm³/mol. The van der Waals surface area contributed by atoms with Crippen molar-refractivity contribution in [3.05, 3.63) is 95.6 Å². The lowest BCUT2D eigenvalue weighted by molar-refractivity contribution is -0.131. The van der Waals surface area contributed by atoms with Crippen LogP contribution in [0.25, 0.3) is 0 Å². The van der Waals surface area contributed by atoms with Crippen LogP contribution in [0.1, 0.15) is 33.2 Å². The first-order chi connectivity index (χ1) is 14.0. The molecule has 0 aliphatic carbocycles. The Morgan fingerprint density at radius 1 is 0.793 bits per heavy atom. The molecule has 0 fully saturated rings. The van der Waals surface area contributed by atoms with Crippen LogP contribution in [-0.4, -0.2) is 17.8 Å². The third kappa shape index (κ3) is 5.77. The van der Waals surface area contributed by atoms with Gasteiger partial charge in [0.1, 0.15) is 5.75 Å². The number of carbonyl (C=O) groups is 3. The van der Waals surface area contributed by atoms with E-state index in [2.05, 4.69) is 10.6 Å². The van der Waals surface area contributed by atoms with Gasteiger partial charge in [-0.2, -0.15) is 0 Å². The van der Waals surface area contributed by atoms with E-state index in [1.165, 1.54) is 13.0 Å². The monoisotopic (exact) mass is 388 g/mol. The summed E-state index contributed by atoms with van der Waals surface area (Å²) in [5, 5.41) is 5.65. The van der Waals surface area contributed by atoms with Crippen LogP contribution in [0.2, 0.25) is 0 Å². The summed E-state index contributed by atoms with van der Waals surface area (Å²) in [6, 6.07) is 22.6. The summed E-state index contributed by atoms with van der Waals surface area (Å²) in [6.45, 7) is 1.68. The van der Waals surface area contributed by atoms with Gasteiger partial charge in [0, 0.05) is 30.3 Å². The molecule has 0 radical (unpaired) electrons. The first-order valence-corrected chi connectivity index (χ1v) is 9.03. The maximum atomic E-state index is 12.4. The number of nitrogens with one attached hydrogen (secondary N) is 2. The van der Waals surface area contributed by atoms with Crippen molar-refractivity contribution in [2.45, 2.75) is 13.5 Å². The number of hydrogen-bond donors (Lipinski definition) is 2. The number of rotatable bonds is 6. The second-order valence-corrected chi connectivity index (χ2v) is 6.32. The highest BCUT2D eigenvalue weighted by atomic mass is 16.5. The van der Waals surface area contributed by atoms with Crippen LogP contribution in [0.3, 0.4) is 0 Å². The highest BCUT2D eigenvalue weighted by molar-refractivity contribution is 6.04. The first kappa shape index (κ1) is 19.8. The van der Waals surface area contributed by atoms with E-state index in [1.807, 2.05) is 30.3 Å². The molecule has 3 aromatic rings. The van der Waals surface area contributed by atoms with E-state index in [4.69, 9.17) is 4.74 Å². The molecule has 0 heterocycles. The molecule has 0 atom stereocenters.